The van der Waals surface area contributed by atoms with Crippen LogP contribution in [0.15, 0.2) is 42.7 Å². The maximum Gasteiger partial charge on any atom is 0.253 e. The third-order valence-electron chi connectivity index (χ3n) is 4.41. The molecule has 1 fully saturated rings. The number of nitrogens with one attached hydrogen (secondary N) is 1. The van der Waals surface area contributed by atoms with Crippen molar-refractivity contribution < 1.29 is 4.79 Å². The van der Waals surface area contributed by atoms with Gasteiger partial charge in [0, 0.05) is 25.8 Å². The van der Waals surface area contributed by atoms with Gasteiger partial charge in [-0.15, -0.1) is 0 Å². The van der Waals surface area contributed by atoms with Crippen LogP contribution in [0.5, 0.6) is 0 Å². The molecule has 0 aliphatic carbocycles. The van der Waals surface area contributed by atoms with Crippen molar-refractivity contribution in [3.05, 3.63) is 59.4 Å². The molecule has 2 heterocycles. The smallest absolute Gasteiger partial charge is 0.253 e. The van der Waals surface area contributed by atoms with Crippen LogP contribution in [0, 0.1) is 6.92 Å². The number of anilines is 1. The Hall–Kier alpha value is -2.36. The molecule has 0 bridgehead atoms. The molecule has 120 valence electrons. The second kappa shape index (κ2) is 7.27. The fraction of sp³-hybridized carbons (Fsp3) is 0.368. The number of carbonyl (C=O) groups is 1. The highest BCUT2D eigenvalue weighted by Crippen LogP contribution is 2.19. The number of amides is 1. The van der Waals surface area contributed by atoms with Crippen molar-refractivity contribution in [2.24, 2.45) is 0 Å². The lowest BCUT2D eigenvalue weighted by molar-refractivity contribution is 0.0950. The molecule has 0 radical (unpaired) electrons. The summed E-state index contributed by atoms with van der Waals surface area (Å²) < 4.78 is 0. The van der Waals surface area contributed by atoms with Gasteiger partial charge in [-0.3, -0.25) is 9.78 Å². The molecule has 1 N–H and O–H groups in total. The quantitative estimate of drug-likeness (QED) is 0.942. The summed E-state index contributed by atoms with van der Waals surface area (Å²) in [6.45, 7) is 4.70. The normalized spacial score (nSPS) is 14.6. The fourth-order valence-corrected chi connectivity index (χ4v) is 2.96. The van der Waals surface area contributed by atoms with E-state index in [1.165, 1.54) is 24.8 Å². The molecule has 1 aromatic carbocycles. The van der Waals surface area contributed by atoms with Crippen LogP contribution in [0.2, 0.25) is 0 Å². The Balaban J connectivity index is 1.66. The Bertz CT molecular complexity index is 678. The molecule has 2 aromatic rings. The fourth-order valence-electron chi connectivity index (χ4n) is 2.96. The van der Waals surface area contributed by atoms with Crippen LogP contribution in [0.4, 0.5) is 5.69 Å². The maximum absolute atomic E-state index is 12.4. The number of hydrogen-bond donors (Lipinski definition) is 1. The van der Waals surface area contributed by atoms with E-state index in [-0.39, 0.29) is 5.91 Å². The lowest BCUT2D eigenvalue weighted by atomic mass is 10.1. The van der Waals surface area contributed by atoms with Gasteiger partial charge in [0.1, 0.15) is 0 Å². The van der Waals surface area contributed by atoms with Gasteiger partial charge in [-0.2, -0.15) is 0 Å². The van der Waals surface area contributed by atoms with Gasteiger partial charge in [0.05, 0.1) is 17.4 Å². The number of nitrogens with zero attached hydrogens (tertiary/aromatic N) is 2. The van der Waals surface area contributed by atoms with Crippen molar-refractivity contribution >= 4 is 11.6 Å². The van der Waals surface area contributed by atoms with Gasteiger partial charge in [0.25, 0.3) is 5.91 Å². The van der Waals surface area contributed by atoms with Crippen LogP contribution in [0.25, 0.3) is 0 Å². The number of benzene rings is 1. The van der Waals surface area contributed by atoms with Crippen LogP contribution in [-0.2, 0) is 6.54 Å². The van der Waals surface area contributed by atoms with E-state index < -0.39 is 0 Å². The van der Waals surface area contributed by atoms with E-state index in [9.17, 15) is 4.79 Å². The zero-order chi connectivity index (χ0) is 16.1. The standard InChI is InChI=1S/C19H23N3O/c1-15-7-3-4-8-16(15)13-21-19(23)17-11-18(14-20-12-17)22-9-5-2-6-10-22/h3-4,7-8,11-12,14H,2,5-6,9-10,13H2,1H3,(H,21,23). The van der Waals surface area contributed by atoms with Crippen molar-refractivity contribution in [1.82, 2.24) is 10.3 Å². The number of pyridine rings is 1. The van der Waals surface area contributed by atoms with Crippen molar-refractivity contribution in [2.75, 3.05) is 18.0 Å². The summed E-state index contributed by atoms with van der Waals surface area (Å²) in [6.07, 6.45) is 7.21. The van der Waals surface area contributed by atoms with Crippen LogP contribution in [0.3, 0.4) is 0 Å². The summed E-state index contributed by atoms with van der Waals surface area (Å²) in [5.74, 6) is -0.0698. The lowest BCUT2D eigenvalue weighted by Gasteiger charge is -2.28. The molecule has 1 aliphatic heterocycles. The van der Waals surface area contributed by atoms with Crippen LogP contribution in [-0.4, -0.2) is 24.0 Å². The minimum Gasteiger partial charge on any atom is -0.370 e. The Morgan fingerprint density at radius 1 is 1.17 bits per heavy atom. The third-order valence-corrected chi connectivity index (χ3v) is 4.41. The van der Waals surface area contributed by atoms with Crippen molar-refractivity contribution in [3.63, 3.8) is 0 Å². The van der Waals surface area contributed by atoms with Gasteiger partial charge in [-0.05, 0) is 43.4 Å². The summed E-state index contributed by atoms with van der Waals surface area (Å²) >= 11 is 0. The first-order valence-corrected chi connectivity index (χ1v) is 8.27. The van der Waals surface area contributed by atoms with E-state index in [0.717, 1.165) is 24.3 Å². The second-order valence-corrected chi connectivity index (χ2v) is 6.09. The minimum atomic E-state index is -0.0698. The van der Waals surface area contributed by atoms with Gasteiger partial charge < -0.3 is 10.2 Å². The second-order valence-electron chi connectivity index (χ2n) is 6.09. The van der Waals surface area contributed by atoms with Gasteiger partial charge in [-0.1, -0.05) is 24.3 Å². The molecular formula is C19H23N3O. The molecule has 1 saturated heterocycles. The highest BCUT2D eigenvalue weighted by molar-refractivity contribution is 5.94. The van der Waals surface area contributed by atoms with Crippen molar-refractivity contribution in [3.8, 4) is 0 Å². The molecule has 4 heteroatoms. The molecular weight excluding hydrogens is 286 g/mol. The molecule has 0 atom stereocenters. The number of hydrogen-bond acceptors (Lipinski definition) is 3. The van der Waals surface area contributed by atoms with Gasteiger partial charge >= 0.3 is 0 Å². The molecule has 23 heavy (non-hydrogen) atoms. The first-order valence-electron chi connectivity index (χ1n) is 8.27. The maximum atomic E-state index is 12.4. The highest BCUT2D eigenvalue weighted by Gasteiger charge is 2.13. The van der Waals surface area contributed by atoms with Gasteiger partial charge in [0.15, 0.2) is 0 Å². The predicted molar refractivity (Wildman–Crippen MR) is 92.7 cm³/mol. The Kier molecular flexibility index (Phi) is 4.91. The average molecular weight is 309 g/mol. The topological polar surface area (TPSA) is 45.2 Å². The zero-order valence-corrected chi connectivity index (χ0v) is 13.6. The Morgan fingerprint density at radius 2 is 1.96 bits per heavy atom. The monoisotopic (exact) mass is 309 g/mol. The Morgan fingerprint density at radius 3 is 2.74 bits per heavy atom. The molecule has 4 nitrogen and oxygen atoms in total. The van der Waals surface area contributed by atoms with E-state index in [0.29, 0.717) is 12.1 Å². The molecule has 1 aromatic heterocycles. The molecule has 3 rings (SSSR count). The number of piperidine rings is 1. The molecule has 0 unspecified atom stereocenters. The summed E-state index contributed by atoms with van der Waals surface area (Å²) in [4.78, 5) is 19.0. The van der Waals surface area contributed by atoms with Crippen LogP contribution >= 0.6 is 0 Å². The molecule has 0 spiro atoms. The number of carbonyl (C=O) groups excluding carboxylic acids is 1. The number of rotatable bonds is 4. The molecule has 1 aliphatic rings. The summed E-state index contributed by atoms with van der Waals surface area (Å²) in [6, 6.07) is 10.0. The number of aryl methyl sites for hydroxylation is 1. The largest absolute Gasteiger partial charge is 0.370 e. The van der Waals surface area contributed by atoms with Gasteiger partial charge in [-0.25, -0.2) is 0 Å². The predicted octanol–water partition coefficient (Wildman–Crippen LogP) is 3.31. The van der Waals surface area contributed by atoms with Crippen molar-refractivity contribution in [2.45, 2.75) is 32.7 Å². The lowest BCUT2D eigenvalue weighted by Crippen LogP contribution is -2.30. The summed E-state index contributed by atoms with van der Waals surface area (Å²) in [5, 5.41) is 2.99. The van der Waals surface area contributed by atoms with E-state index in [4.69, 9.17) is 0 Å². The SMILES string of the molecule is Cc1ccccc1CNC(=O)c1cncc(N2CCCCC2)c1. The van der Waals surface area contributed by atoms with Crippen LogP contribution < -0.4 is 10.2 Å². The first-order chi connectivity index (χ1) is 11.2. The Labute approximate surface area is 137 Å². The molecule has 0 saturated carbocycles. The zero-order valence-electron chi connectivity index (χ0n) is 13.6. The first kappa shape index (κ1) is 15.5. The van der Waals surface area contributed by atoms with E-state index in [1.54, 1.807) is 6.20 Å². The van der Waals surface area contributed by atoms with E-state index in [1.807, 2.05) is 30.5 Å². The van der Waals surface area contributed by atoms with Crippen LogP contribution in [0.1, 0.15) is 40.7 Å². The minimum absolute atomic E-state index is 0.0698. The third kappa shape index (κ3) is 3.89. The number of aromatic nitrogens is 1. The van der Waals surface area contributed by atoms with E-state index in [2.05, 4.69) is 28.2 Å². The van der Waals surface area contributed by atoms with Crippen molar-refractivity contribution in [1.29, 1.82) is 0 Å². The molecule has 1 amide bonds. The average Bonchev–Trinajstić information content (AvgIpc) is 2.62. The van der Waals surface area contributed by atoms with E-state index >= 15 is 0 Å². The van der Waals surface area contributed by atoms with Gasteiger partial charge in [0.2, 0.25) is 0 Å². The summed E-state index contributed by atoms with van der Waals surface area (Å²) in [7, 11) is 0. The highest BCUT2D eigenvalue weighted by atomic mass is 16.1. The summed E-state index contributed by atoms with van der Waals surface area (Å²) in [5.41, 5.74) is 4.00.